The van der Waals surface area contributed by atoms with E-state index in [0.29, 0.717) is 13.2 Å². The molecule has 22 heavy (non-hydrogen) atoms. The number of fused-ring (bicyclic) bond motifs is 2. The van der Waals surface area contributed by atoms with Gasteiger partial charge in [0.1, 0.15) is 0 Å². The molecular formula is C18H21NO3. The fourth-order valence-electron chi connectivity index (χ4n) is 3.91. The highest BCUT2D eigenvalue weighted by Crippen LogP contribution is 2.45. The molecule has 4 heteroatoms. The molecular weight excluding hydrogens is 278 g/mol. The van der Waals surface area contributed by atoms with Crippen molar-refractivity contribution >= 4 is 5.91 Å². The monoisotopic (exact) mass is 299 g/mol. The summed E-state index contributed by atoms with van der Waals surface area (Å²) >= 11 is 0. The molecule has 1 unspecified atom stereocenters. The molecule has 4 rings (SSSR count). The Hall–Kier alpha value is -1.65. The van der Waals surface area contributed by atoms with E-state index < -0.39 is 5.79 Å². The molecule has 0 saturated carbocycles. The van der Waals surface area contributed by atoms with Crippen LogP contribution in [0.4, 0.5) is 0 Å². The number of carbonyl (C=O) groups is 1. The number of benzene rings is 1. The van der Waals surface area contributed by atoms with Crippen molar-refractivity contribution in [1.29, 1.82) is 0 Å². The van der Waals surface area contributed by atoms with Crippen LogP contribution in [0.1, 0.15) is 35.2 Å². The molecule has 0 N–H and O–H groups in total. The van der Waals surface area contributed by atoms with Gasteiger partial charge < -0.3 is 14.4 Å². The van der Waals surface area contributed by atoms with Gasteiger partial charge in [-0.05, 0) is 30.5 Å². The number of allylic oxidation sites excluding steroid dienone is 1. The van der Waals surface area contributed by atoms with Crippen LogP contribution in [0.5, 0.6) is 0 Å². The predicted molar refractivity (Wildman–Crippen MR) is 82.7 cm³/mol. The third kappa shape index (κ3) is 2.02. The molecule has 2 heterocycles. The lowest BCUT2D eigenvalue weighted by Crippen LogP contribution is -2.38. The molecule has 1 aromatic rings. The van der Waals surface area contributed by atoms with Gasteiger partial charge in [-0.2, -0.15) is 0 Å². The summed E-state index contributed by atoms with van der Waals surface area (Å²) in [5, 5.41) is 0. The SMILES string of the molecule is CN1CCC2(C=CC3(CC2)OCCO3)c2ccccc2C1=O. The number of hydrogen-bond acceptors (Lipinski definition) is 3. The first-order valence-corrected chi connectivity index (χ1v) is 7.98. The van der Waals surface area contributed by atoms with Gasteiger partial charge in [0.25, 0.3) is 5.91 Å². The highest BCUT2D eigenvalue weighted by molar-refractivity contribution is 5.96. The van der Waals surface area contributed by atoms with Crippen LogP contribution in [-0.4, -0.2) is 43.4 Å². The summed E-state index contributed by atoms with van der Waals surface area (Å²) in [4.78, 5) is 14.4. The Balaban J connectivity index is 1.79. The second-order valence-corrected chi connectivity index (χ2v) is 6.52. The van der Waals surface area contributed by atoms with E-state index in [-0.39, 0.29) is 11.3 Å². The second kappa shape index (κ2) is 4.93. The van der Waals surface area contributed by atoms with Crippen molar-refractivity contribution in [3.8, 4) is 0 Å². The third-order valence-electron chi connectivity index (χ3n) is 5.29. The molecule has 3 aliphatic rings. The Morgan fingerprint density at radius 3 is 2.55 bits per heavy atom. The molecule has 4 nitrogen and oxygen atoms in total. The number of rotatable bonds is 0. The van der Waals surface area contributed by atoms with Crippen LogP contribution in [-0.2, 0) is 14.9 Å². The minimum Gasteiger partial charge on any atom is -0.344 e. The molecule has 116 valence electrons. The van der Waals surface area contributed by atoms with Gasteiger partial charge in [0.05, 0.1) is 13.2 Å². The van der Waals surface area contributed by atoms with Crippen molar-refractivity contribution in [3.63, 3.8) is 0 Å². The molecule has 0 radical (unpaired) electrons. The molecule has 1 amide bonds. The minimum atomic E-state index is -0.525. The van der Waals surface area contributed by atoms with E-state index in [2.05, 4.69) is 18.2 Å². The standard InChI is InChI=1S/C18H21NO3/c1-19-11-10-17(15-5-3-2-4-14(15)16(19)20)6-8-18(9-7-17)21-12-13-22-18/h2-6,8H,7,9-13H2,1H3. The van der Waals surface area contributed by atoms with E-state index in [1.807, 2.05) is 30.1 Å². The lowest BCUT2D eigenvalue weighted by atomic mass is 9.69. The van der Waals surface area contributed by atoms with Crippen molar-refractivity contribution in [2.75, 3.05) is 26.8 Å². The Kier molecular flexibility index (Phi) is 3.13. The van der Waals surface area contributed by atoms with Crippen LogP contribution < -0.4 is 0 Å². The zero-order chi connectivity index (χ0) is 15.2. The summed E-state index contributed by atoms with van der Waals surface area (Å²) in [5.74, 6) is -0.405. The predicted octanol–water partition coefficient (Wildman–Crippen LogP) is 2.49. The van der Waals surface area contributed by atoms with Gasteiger partial charge in [-0.15, -0.1) is 0 Å². The molecule has 2 spiro atoms. The van der Waals surface area contributed by atoms with Crippen LogP contribution in [0.25, 0.3) is 0 Å². The maximum absolute atomic E-state index is 12.6. The van der Waals surface area contributed by atoms with Crippen molar-refractivity contribution < 1.29 is 14.3 Å². The molecule has 1 aromatic carbocycles. The fourth-order valence-corrected chi connectivity index (χ4v) is 3.91. The lowest BCUT2D eigenvalue weighted by molar-refractivity contribution is -0.128. The quantitative estimate of drug-likeness (QED) is 0.691. The number of hydrogen-bond donors (Lipinski definition) is 0. The first kappa shape index (κ1) is 14.0. The first-order valence-electron chi connectivity index (χ1n) is 7.98. The summed E-state index contributed by atoms with van der Waals surface area (Å²) in [7, 11) is 1.88. The maximum Gasteiger partial charge on any atom is 0.253 e. The molecule has 0 aromatic heterocycles. The summed E-state index contributed by atoms with van der Waals surface area (Å²) < 4.78 is 11.6. The largest absolute Gasteiger partial charge is 0.344 e. The molecule has 1 fully saturated rings. The molecule has 2 aliphatic heterocycles. The highest BCUT2D eigenvalue weighted by atomic mass is 16.7. The molecule has 1 saturated heterocycles. The van der Waals surface area contributed by atoms with Crippen LogP contribution >= 0.6 is 0 Å². The van der Waals surface area contributed by atoms with Crippen molar-refractivity contribution in [1.82, 2.24) is 4.90 Å². The average molecular weight is 299 g/mol. The summed E-state index contributed by atoms with van der Waals surface area (Å²) in [6.45, 7) is 2.09. The number of ether oxygens (including phenoxy) is 2. The van der Waals surface area contributed by atoms with Crippen molar-refractivity contribution in [2.24, 2.45) is 0 Å². The van der Waals surface area contributed by atoms with Gasteiger partial charge in [-0.3, -0.25) is 4.79 Å². The summed E-state index contributed by atoms with van der Waals surface area (Å²) in [5.41, 5.74) is 1.89. The van der Waals surface area contributed by atoms with Crippen LogP contribution in [0.2, 0.25) is 0 Å². The summed E-state index contributed by atoms with van der Waals surface area (Å²) in [6.07, 6.45) is 7.04. The van der Waals surface area contributed by atoms with E-state index in [1.165, 1.54) is 0 Å². The van der Waals surface area contributed by atoms with Gasteiger partial charge in [0.15, 0.2) is 5.79 Å². The molecule has 0 bridgehead atoms. The number of carbonyl (C=O) groups excluding carboxylic acids is 1. The molecule has 1 aliphatic carbocycles. The molecule has 1 atom stereocenters. The minimum absolute atomic E-state index is 0.0857. The van der Waals surface area contributed by atoms with E-state index in [9.17, 15) is 4.79 Å². The van der Waals surface area contributed by atoms with Gasteiger partial charge in [0.2, 0.25) is 0 Å². The topological polar surface area (TPSA) is 38.8 Å². The van der Waals surface area contributed by atoms with Gasteiger partial charge in [-0.1, -0.05) is 24.3 Å². The fraction of sp³-hybridized carbons (Fsp3) is 0.500. The van der Waals surface area contributed by atoms with Crippen LogP contribution in [0, 0.1) is 0 Å². The smallest absolute Gasteiger partial charge is 0.253 e. The van der Waals surface area contributed by atoms with Gasteiger partial charge >= 0.3 is 0 Å². The van der Waals surface area contributed by atoms with Crippen LogP contribution in [0.3, 0.4) is 0 Å². The summed E-state index contributed by atoms with van der Waals surface area (Å²) in [6, 6.07) is 8.02. The number of nitrogens with zero attached hydrogens (tertiary/aromatic N) is 1. The van der Waals surface area contributed by atoms with E-state index in [0.717, 1.165) is 36.9 Å². The van der Waals surface area contributed by atoms with E-state index >= 15 is 0 Å². The Morgan fingerprint density at radius 2 is 1.82 bits per heavy atom. The zero-order valence-corrected chi connectivity index (χ0v) is 12.9. The Labute approximate surface area is 130 Å². The Morgan fingerprint density at radius 1 is 1.05 bits per heavy atom. The zero-order valence-electron chi connectivity index (χ0n) is 12.9. The average Bonchev–Trinajstić information content (AvgIpc) is 2.99. The van der Waals surface area contributed by atoms with Gasteiger partial charge in [-0.25, -0.2) is 0 Å². The Bertz CT molecular complexity index is 633. The van der Waals surface area contributed by atoms with Crippen molar-refractivity contribution in [3.05, 3.63) is 47.5 Å². The number of amides is 1. The second-order valence-electron chi connectivity index (χ2n) is 6.52. The lowest BCUT2D eigenvalue weighted by Gasteiger charge is -2.39. The van der Waals surface area contributed by atoms with Crippen LogP contribution in [0.15, 0.2) is 36.4 Å². The maximum atomic E-state index is 12.6. The normalized spacial score (nSPS) is 29.9. The van der Waals surface area contributed by atoms with Gasteiger partial charge in [0, 0.05) is 31.0 Å². The third-order valence-corrected chi connectivity index (χ3v) is 5.29. The van der Waals surface area contributed by atoms with E-state index in [4.69, 9.17) is 9.47 Å². The first-order chi connectivity index (χ1) is 10.6. The van der Waals surface area contributed by atoms with Crippen molar-refractivity contribution in [2.45, 2.75) is 30.5 Å². The highest BCUT2D eigenvalue weighted by Gasteiger charge is 2.45. The van der Waals surface area contributed by atoms with E-state index in [1.54, 1.807) is 0 Å².